The molecule has 186 valence electrons. The van der Waals surface area contributed by atoms with Gasteiger partial charge in [-0.2, -0.15) is 5.10 Å². The van der Waals surface area contributed by atoms with Crippen LogP contribution in [0.1, 0.15) is 46.8 Å². The second-order valence-corrected chi connectivity index (χ2v) is 9.33. The van der Waals surface area contributed by atoms with Crippen molar-refractivity contribution in [2.24, 2.45) is 0 Å². The number of benzene rings is 1. The van der Waals surface area contributed by atoms with E-state index in [1.54, 1.807) is 6.20 Å². The Bertz CT molecular complexity index is 1240. The van der Waals surface area contributed by atoms with Crippen LogP contribution in [-0.4, -0.2) is 60.6 Å². The van der Waals surface area contributed by atoms with E-state index in [0.717, 1.165) is 59.7 Å². The topological polar surface area (TPSA) is 67.3 Å². The standard InChI is InChI=1S/C26H31F2N5O2/c1-15-21(14-33(31-15)18-5-7-32(2)8-6-18)17-9-19-16(12-29-26(19)30-13-17)10-20-24(27)22(34-3)11-23(35-4)25(20)28/h9,11-12,14,18,29-30H,5-8,10,13H2,1-4H3. The molecule has 0 unspecified atom stereocenters. The first-order valence-electron chi connectivity index (χ1n) is 11.9. The van der Waals surface area contributed by atoms with E-state index in [4.69, 9.17) is 14.6 Å². The van der Waals surface area contributed by atoms with E-state index in [1.165, 1.54) is 20.3 Å². The molecule has 1 aromatic carbocycles. The molecule has 1 saturated heterocycles. The van der Waals surface area contributed by atoms with Crippen LogP contribution in [0.15, 0.2) is 18.5 Å². The Balaban J connectivity index is 1.46. The van der Waals surface area contributed by atoms with Gasteiger partial charge in [0.2, 0.25) is 0 Å². The first-order valence-corrected chi connectivity index (χ1v) is 11.9. The van der Waals surface area contributed by atoms with Crippen LogP contribution in [0, 0.1) is 18.6 Å². The van der Waals surface area contributed by atoms with E-state index in [9.17, 15) is 8.78 Å². The number of aryl methyl sites for hydroxylation is 1. The summed E-state index contributed by atoms with van der Waals surface area (Å²) in [6.45, 7) is 4.81. The van der Waals surface area contributed by atoms with Gasteiger partial charge >= 0.3 is 0 Å². The third-order valence-electron chi connectivity index (χ3n) is 7.14. The highest BCUT2D eigenvalue weighted by Gasteiger charge is 2.25. The lowest BCUT2D eigenvalue weighted by molar-refractivity contribution is 0.212. The predicted molar refractivity (Wildman–Crippen MR) is 132 cm³/mol. The highest BCUT2D eigenvalue weighted by atomic mass is 19.1. The number of hydrogen-bond donors (Lipinski definition) is 2. The molecule has 2 aromatic heterocycles. The lowest BCUT2D eigenvalue weighted by Crippen LogP contribution is -2.31. The molecule has 7 nitrogen and oxygen atoms in total. The maximum absolute atomic E-state index is 15.0. The van der Waals surface area contributed by atoms with Crippen LogP contribution in [-0.2, 0) is 6.42 Å². The second-order valence-electron chi connectivity index (χ2n) is 9.33. The van der Waals surface area contributed by atoms with Gasteiger partial charge < -0.3 is 24.7 Å². The largest absolute Gasteiger partial charge is 0.494 e. The number of piperidine rings is 1. The van der Waals surface area contributed by atoms with Crippen molar-refractivity contribution in [3.63, 3.8) is 0 Å². The minimum Gasteiger partial charge on any atom is -0.494 e. The van der Waals surface area contributed by atoms with Gasteiger partial charge in [-0.1, -0.05) is 0 Å². The SMILES string of the molecule is COc1cc(OC)c(F)c(Cc2c[nH]c3c2C=C(c2cn(C4CCN(C)CC4)nc2C)CN3)c1F. The quantitative estimate of drug-likeness (QED) is 0.535. The van der Waals surface area contributed by atoms with Gasteiger partial charge in [0.1, 0.15) is 5.82 Å². The fraction of sp³-hybridized carbons (Fsp3) is 0.423. The average molecular weight is 484 g/mol. The Morgan fingerprint density at radius 1 is 1.11 bits per heavy atom. The number of fused-ring (bicyclic) bond motifs is 1. The average Bonchev–Trinajstić information content (AvgIpc) is 3.45. The van der Waals surface area contributed by atoms with Crippen LogP contribution in [0.5, 0.6) is 11.5 Å². The third kappa shape index (κ3) is 4.29. The Morgan fingerprint density at radius 3 is 2.46 bits per heavy atom. The molecule has 2 aliphatic rings. The molecule has 0 saturated carbocycles. The van der Waals surface area contributed by atoms with Crippen molar-refractivity contribution < 1.29 is 18.3 Å². The summed E-state index contributed by atoms with van der Waals surface area (Å²) in [6.07, 6.45) is 8.24. The molecular formula is C26H31F2N5O2. The van der Waals surface area contributed by atoms with Gasteiger partial charge in [0.25, 0.3) is 0 Å². The van der Waals surface area contributed by atoms with Gasteiger partial charge in [0, 0.05) is 48.1 Å². The number of nitrogens with one attached hydrogen (secondary N) is 2. The Morgan fingerprint density at radius 2 is 1.80 bits per heavy atom. The van der Waals surface area contributed by atoms with Crippen LogP contribution in [0.4, 0.5) is 14.6 Å². The number of likely N-dealkylation sites (tertiary alicyclic amines) is 1. The molecular weight excluding hydrogens is 452 g/mol. The molecule has 4 heterocycles. The Kier molecular flexibility index (Phi) is 6.27. The van der Waals surface area contributed by atoms with Crippen molar-refractivity contribution in [1.82, 2.24) is 19.7 Å². The van der Waals surface area contributed by atoms with Crippen molar-refractivity contribution in [2.75, 3.05) is 46.2 Å². The molecule has 9 heteroatoms. The number of anilines is 1. The number of hydrogen-bond acceptors (Lipinski definition) is 5. The zero-order chi connectivity index (χ0) is 24.7. The number of aromatic amines is 1. The van der Waals surface area contributed by atoms with Crippen LogP contribution in [0.2, 0.25) is 0 Å². The molecule has 0 atom stereocenters. The third-order valence-corrected chi connectivity index (χ3v) is 7.14. The molecule has 0 bridgehead atoms. The molecule has 1 fully saturated rings. The van der Waals surface area contributed by atoms with E-state index in [-0.39, 0.29) is 23.5 Å². The summed E-state index contributed by atoms with van der Waals surface area (Å²) in [4.78, 5) is 5.55. The number of methoxy groups -OCH3 is 2. The van der Waals surface area contributed by atoms with Gasteiger partial charge in [-0.25, -0.2) is 8.78 Å². The summed E-state index contributed by atoms with van der Waals surface area (Å²) < 4.78 is 42.3. The zero-order valence-corrected chi connectivity index (χ0v) is 20.5. The normalized spacial score (nSPS) is 16.6. The molecule has 0 aliphatic carbocycles. The molecule has 3 aromatic rings. The molecule has 35 heavy (non-hydrogen) atoms. The van der Waals surface area contributed by atoms with E-state index in [2.05, 4.69) is 39.2 Å². The molecule has 5 rings (SSSR count). The van der Waals surface area contributed by atoms with E-state index < -0.39 is 11.6 Å². The molecule has 0 spiro atoms. The van der Waals surface area contributed by atoms with Crippen LogP contribution < -0.4 is 14.8 Å². The monoisotopic (exact) mass is 483 g/mol. The van der Waals surface area contributed by atoms with Gasteiger partial charge in [-0.15, -0.1) is 0 Å². The van der Waals surface area contributed by atoms with Crippen LogP contribution >= 0.6 is 0 Å². The smallest absolute Gasteiger partial charge is 0.171 e. The summed E-state index contributed by atoms with van der Waals surface area (Å²) in [6, 6.07) is 1.63. The van der Waals surface area contributed by atoms with Crippen molar-refractivity contribution in [2.45, 2.75) is 32.2 Å². The van der Waals surface area contributed by atoms with Crippen molar-refractivity contribution in [3.05, 3.63) is 58.0 Å². The fourth-order valence-corrected chi connectivity index (χ4v) is 5.04. The highest BCUT2D eigenvalue weighted by Crippen LogP contribution is 2.37. The number of aromatic nitrogens is 3. The van der Waals surface area contributed by atoms with Gasteiger partial charge in [0.05, 0.1) is 26.0 Å². The number of ether oxygens (including phenoxy) is 2. The summed E-state index contributed by atoms with van der Waals surface area (Å²) in [5, 5.41) is 8.23. The minimum absolute atomic E-state index is 0.0473. The van der Waals surface area contributed by atoms with E-state index >= 15 is 0 Å². The van der Waals surface area contributed by atoms with Crippen molar-refractivity contribution in [1.29, 1.82) is 0 Å². The number of halogens is 2. The summed E-state index contributed by atoms with van der Waals surface area (Å²) >= 11 is 0. The van der Waals surface area contributed by atoms with Crippen LogP contribution in [0.3, 0.4) is 0 Å². The molecule has 0 amide bonds. The van der Waals surface area contributed by atoms with Gasteiger partial charge in [-0.05, 0) is 57.1 Å². The lowest BCUT2D eigenvalue weighted by atomic mass is 9.96. The van der Waals surface area contributed by atoms with E-state index in [1.807, 2.05) is 6.92 Å². The number of H-pyrrole nitrogens is 1. The Hall–Kier alpha value is -3.33. The number of rotatable bonds is 6. The van der Waals surface area contributed by atoms with Gasteiger partial charge in [-0.3, -0.25) is 4.68 Å². The lowest BCUT2D eigenvalue weighted by Gasteiger charge is -2.29. The summed E-state index contributed by atoms with van der Waals surface area (Å²) in [5.74, 6) is -0.698. The van der Waals surface area contributed by atoms with Gasteiger partial charge in [0.15, 0.2) is 23.1 Å². The van der Waals surface area contributed by atoms with E-state index in [0.29, 0.717) is 12.6 Å². The zero-order valence-electron chi connectivity index (χ0n) is 20.5. The van der Waals surface area contributed by atoms with Crippen LogP contribution in [0.25, 0.3) is 11.6 Å². The predicted octanol–water partition coefficient (Wildman–Crippen LogP) is 4.64. The van der Waals surface area contributed by atoms with Crippen molar-refractivity contribution in [3.8, 4) is 11.5 Å². The minimum atomic E-state index is -0.719. The fourth-order valence-electron chi connectivity index (χ4n) is 5.04. The van der Waals surface area contributed by atoms with Crippen molar-refractivity contribution >= 4 is 17.5 Å². The second kappa shape index (κ2) is 9.37. The Labute approximate surface area is 203 Å². The molecule has 2 aliphatic heterocycles. The maximum Gasteiger partial charge on any atom is 0.171 e. The first kappa shape index (κ1) is 23.4. The number of nitrogens with zero attached hydrogens (tertiary/aromatic N) is 3. The first-order chi connectivity index (χ1) is 16.9. The molecule has 2 N–H and O–H groups in total. The maximum atomic E-state index is 15.0. The molecule has 0 radical (unpaired) electrons. The highest BCUT2D eigenvalue weighted by molar-refractivity contribution is 5.91. The summed E-state index contributed by atoms with van der Waals surface area (Å²) in [5.41, 5.74) is 4.74. The summed E-state index contributed by atoms with van der Waals surface area (Å²) in [7, 11) is 4.86.